The van der Waals surface area contributed by atoms with E-state index >= 15 is 0 Å². The predicted octanol–water partition coefficient (Wildman–Crippen LogP) is 2.07. The van der Waals surface area contributed by atoms with E-state index in [1.807, 2.05) is 18.2 Å². The predicted molar refractivity (Wildman–Crippen MR) is 42.8 cm³/mol. The van der Waals surface area contributed by atoms with E-state index in [1.54, 1.807) is 7.11 Å². The van der Waals surface area contributed by atoms with Crippen molar-refractivity contribution in [3.8, 4) is 0 Å². The largest absolute Gasteiger partial charge is 0.373 e. The van der Waals surface area contributed by atoms with E-state index in [0.717, 1.165) is 6.42 Å². The maximum absolute atomic E-state index is 5.12. The van der Waals surface area contributed by atoms with Crippen molar-refractivity contribution in [2.24, 2.45) is 0 Å². The minimum absolute atomic E-state index is 0.157. The summed E-state index contributed by atoms with van der Waals surface area (Å²) in [4.78, 5) is 0. The molecule has 0 saturated carbocycles. The number of allylic oxidation sites excluding steroid dienone is 4. The number of rotatable bonds is 1. The van der Waals surface area contributed by atoms with Gasteiger partial charge in [0, 0.05) is 7.11 Å². The molecule has 0 bridgehead atoms. The quantitative estimate of drug-likeness (QED) is 0.501. The molecule has 1 rings (SSSR count). The number of hydrogen-bond acceptors (Lipinski definition) is 1. The molecule has 10 heavy (non-hydrogen) atoms. The maximum Gasteiger partial charge on any atom is 0.0936 e. The molecule has 0 fully saturated rings. The molecule has 0 aliphatic heterocycles. The smallest absolute Gasteiger partial charge is 0.0936 e. The molecule has 1 aliphatic carbocycles. The van der Waals surface area contributed by atoms with E-state index in [1.165, 1.54) is 0 Å². The Labute approximate surface area is 61.7 Å². The van der Waals surface area contributed by atoms with Gasteiger partial charge in [-0.2, -0.15) is 0 Å². The minimum atomic E-state index is 0.157. The Bertz CT molecular complexity index is 166. The summed E-state index contributed by atoms with van der Waals surface area (Å²) in [5, 5.41) is 0. The van der Waals surface area contributed by atoms with Crippen LogP contribution in [0.1, 0.15) is 6.42 Å². The molecule has 1 aliphatic rings. The van der Waals surface area contributed by atoms with Crippen LogP contribution in [0.25, 0.3) is 0 Å². The summed E-state index contributed by atoms with van der Waals surface area (Å²) in [7, 11) is 1.71. The summed E-state index contributed by atoms with van der Waals surface area (Å²) in [6.45, 7) is 0. The van der Waals surface area contributed by atoms with Crippen LogP contribution in [0.3, 0.4) is 0 Å². The first-order valence-electron chi connectivity index (χ1n) is 3.46. The average Bonchev–Trinajstić information content (AvgIpc) is 1.87. The van der Waals surface area contributed by atoms with Crippen LogP contribution in [0, 0.1) is 0 Å². The second kappa shape index (κ2) is 4.07. The highest BCUT2D eigenvalue weighted by Crippen LogP contribution is 2.00. The fourth-order valence-electron chi connectivity index (χ4n) is 0.843. The Balaban J connectivity index is 2.58. The Hall–Kier alpha value is -0.820. The van der Waals surface area contributed by atoms with Crippen molar-refractivity contribution in [2.75, 3.05) is 7.11 Å². The summed E-state index contributed by atoms with van der Waals surface area (Å²) in [5.74, 6) is 0. The first-order chi connectivity index (χ1) is 4.93. The van der Waals surface area contributed by atoms with E-state index in [-0.39, 0.29) is 6.10 Å². The summed E-state index contributed by atoms with van der Waals surface area (Å²) >= 11 is 0. The van der Waals surface area contributed by atoms with Crippen molar-refractivity contribution in [1.29, 1.82) is 0 Å². The van der Waals surface area contributed by atoms with Crippen LogP contribution >= 0.6 is 0 Å². The molecule has 0 saturated heterocycles. The lowest BCUT2D eigenvalue weighted by Gasteiger charge is -2.04. The van der Waals surface area contributed by atoms with Gasteiger partial charge in [0.15, 0.2) is 0 Å². The van der Waals surface area contributed by atoms with Gasteiger partial charge in [0.25, 0.3) is 0 Å². The normalized spacial score (nSPS) is 33.9. The van der Waals surface area contributed by atoms with Crippen molar-refractivity contribution >= 4 is 0 Å². The van der Waals surface area contributed by atoms with Gasteiger partial charge >= 0.3 is 0 Å². The molecule has 0 N–H and O–H groups in total. The highest BCUT2D eigenvalue weighted by atomic mass is 16.5. The third kappa shape index (κ3) is 2.19. The van der Waals surface area contributed by atoms with Crippen LogP contribution in [0.2, 0.25) is 0 Å². The Kier molecular flexibility index (Phi) is 2.97. The molecule has 0 aromatic carbocycles. The second-order valence-corrected chi connectivity index (χ2v) is 2.18. The van der Waals surface area contributed by atoms with Gasteiger partial charge in [0.1, 0.15) is 0 Å². The zero-order valence-electron chi connectivity index (χ0n) is 6.16. The molecule has 0 aromatic heterocycles. The maximum atomic E-state index is 5.12. The summed E-state index contributed by atoms with van der Waals surface area (Å²) in [5.41, 5.74) is 0. The zero-order valence-corrected chi connectivity index (χ0v) is 6.16. The van der Waals surface area contributed by atoms with E-state index in [0.29, 0.717) is 0 Å². The molecule has 1 nitrogen and oxygen atoms in total. The standard InChI is InChI=1S/C9H12O/c1-10-9-7-5-3-2-4-6-8-9/h2-3,5-9H,4H2,1H3/b3-2-,7-5-,8-6+. The van der Waals surface area contributed by atoms with Gasteiger partial charge in [-0.15, -0.1) is 0 Å². The van der Waals surface area contributed by atoms with E-state index < -0.39 is 0 Å². The highest BCUT2D eigenvalue weighted by Gasteiger charge is 1.94. The Morgan fingerprint density at radius 2 is 2.10 bits per heavy atom. The number of ether oxygens (including phenoxy) is 1. The second-order valence-electron chi connectivity index (χ2n) is 2.18. The SMILES string of the molecule is COC1/C=C\C=C/C/C=C/1. The Morgan fingerprint density at radius 3 is 2.90 bits per heavy atom. The molecule has 1 unspecified atom stereocenters. The molecule has 54 valence electrons. The minimum Gasteiger partial charge on any atom is -0.373 e. The molecule has 0 heterocycles. The third-order valence-corrected chi connectivity index (χ3v) is 1.42. The van der Waals surface area contributed by atoms with Crippen molar-refractivity contribution in [1.82, 2.24) is 0 Å². The fraction of sp³-hybridized carbons (Fsp3) is 0.333. The summed E-state index contributed by atoms with van der Waals surface area (Å²) < 4.78 is 5.12. The van der Waals surface area contributed by atoms with Crippen LogP contribution in [-0.2, 0) is 4.74 Å². The molecule has 0 amide bonds. The van der Waals surface area contributed by atoms with Gasteiger partial charge in [-0.3, -0.25) is 0 Å². The van der Waals surface area contributed by atoms with Gasteiger partial charge in [0.05, 0.1) is 6.10 Å². The number of hydrogen-bond donors (Lipinski definition) is 0. The first kappa shape index (κ1) is 7.29. The van der Waals surface area contributed by atoms with Gasteiger partial charge in [-0.1, -0.05) is 36.5 Å². The van der Waals surface area contributed by atoms with Crippen LogP contribution in [0.5, 0.6) is 0 Å². The van der Waals surface area contributed by atoms with E-state index in [4.69, 9.17) is 4.74 Å². The van der Waals surface area contributed by atoms with E-state index in [9.17, 15) is 0 Å². The Morgan fingerprint density at radius 1 is 1.20 bits per heavy atom. The van der Waals surface area contributed by atoms with Gasteiger partial charge in [-0.25, -0.2) is 0 Å². The van der Waals surface area contributed by atoms with Crippen LogP contribution in [0.4, 0.5) is 0 Å². The molecule has 1 atom stereocenters. The van der Waals surface area contributed by atoms with E-state index in [2.05, 4.69) is 18.2 Å². The molecule has 0 radical (unpaired) electrons. The lowest BCUT2D eigenvalue weighted by Crippen LogP contribution is -2.01. The lowest BCUT2D eigenvalue weighted by molar-refractivity contribution is 0.177. The van der Waals surface area contributed by atoms with Crippen molar-refractivity contribution in [3.05, 3.63) is 36.5 Å². The molecule has 0 spiro atoms. The van der Waals surface area contributed by atoms with Gasteiger partial charge < -0.3 is 4.74 Å². The lowest BCUT2D eigenvalue weighted by atomic mass is 10.2. The highest BCUT2D eigenvalue weighted by molar-refractivity contribution is 5.14. The zero-order chi connectivity index (χ0) is 7.23. The molecular weight excluding hydrogens is 124 g/mol. The van der Waals surface area contributed by atoms with Crippen molar-refractivity contribution in [3.63, 3.8) is 0 Å². The molecular formula is C9H12O. The topological polar surface area (TPSA) is 9.23 Å². The monoisotopic (exact) mass is 136 g/mol. The summed E-state index contributed by atoms with van der Waals surface area (Å²) in [6, 6.07) is 0. The first-order valence-corrected chi connectivity index (χ1v) is 3.46. The fourth-order valence-corrected chi connectivity index (χ4v) is 0.843. The third-order valence-electron chi connectivity index (χ3n) is 1.42. The summed E-state index contributed by atoms with van der Waals surface area (Å²) in [6.07, 6.45) is 13.5. The van der Waals surface area contributed by atoms with Crippen molar-refractivity contribution < 1.29 is 4.74 Å². The molecule has 1 heteroatoms. The molecule has 0 aromatic rings. The van der Waals surface area contributed by atoms with Crippen LogP contribution < -0.4 is 0 Å². The van der Waals surface area contributed by atoms with Gasteiger partial charge in [-0.05, 0) is 6.42 Å². The van der Waals surface area contributed by atoms with Crippen LogP contribution in [0.15, 0.2) is 36.5 Å². The van der Waals surface area contributed by atoms with Crippen molar-refractivity contribution in [2.45, 2.75) is 12.5 Å². The number of methoxy groups -OCH3 is 1. The average molecular weight is 136 g/mol. The van der Waals surface area contributed by atoms with Gasteiger partial charge in [0.2, 0.25) is 0 Å². The van der Waals surface area contributed by atoms with Crippen LogP contribution in [-0.4, -0.2) is 13.2 Å².